The van der Waals surface area contributed by atoms with Gasteiger partial charge >= 0.3 is 0 Å². The van der Waals surface area contributed by atoms with E-state index in [9.17, 15) is 0 Å². The molecule has 2 fully saturated rings. The Bertz CT molecular complexity index is 1770. The van der Waals surface area contributed by atoms with E-state index in [4.69, 9.17) is 30.5 Å². The Kier molecular flexibility index (Phi) is 5.88. The molecule has 2 spiro atoms. The van der Waals surface area contributed by atoms with Crippen molar-refractivity contribution in [1.29, 1.82) is 0 Å². The monoisotopic (exact) mass is 609 g/mol. The average Bonchev–Trinajstić information content (AvgIpc) is 3.88. The van der Waals surface area contributed by atoms with Crippen LogP contribution >= 0.6 is 11.6 Å². The molecular weight excluding hydrogens is 572 g/mol. The summed E-state index contributed by atoms with van der Waals surface area (Å²) in [5.74, 6) is 3.45. The Hall–Kier alpha value is -3.64. The molecule has 0 aromatic heterocycles. The van der Waals surface area contributed by atoms with Crippen LogP contribution in [-0.2, 0) is 10.8 Å². The van der Waals surface area contributed by atoms with E-state index < -0.39 is 0 Å². The lowest BCUT2D eigenvalue weighted by molar-refractivity contribution is -0.401. The van der Waals surface area contributed by atoms with E-state index in [0.29, 0.717) is 13.6 Å². The second kappa shape index (κ2) is 9.68. The average molecular weight is 610 g/mol. The highest BCUT2D eigenvalue weighted by atomic mass is 35.5. The zero-order chi connectivity index (χ0) is 29.6. The summed E-state index contributed by atoms with van der Waals surface area (Å²) in [5.41, 5.74) is 10.5. The number of likely N-dealkylation sites (N-methyl/N-ethyl adjacent to an activating group) is 1. The Morgan fingerprint density at radius 2 is 1.36 bits per heavy atom. The third-order valence-corrected chi connectivity index (χ3v) is 12.0. The number of hydrogen-bond acceptors (Lipinski definition) is 5. The van der Waals surface area contributed by atoms with Crippen LogP contribution in [0.2, 0.25) is 0 Å². The minimum absolute atomic E-state index is 0.0320. The predicted molar refractivity (Wildman–Crippen MR) is 172 cm³/mol. The van der Waals surface area contributed by atoms with E-state index in [0.717, 1.165) is 66.6 Å². The number of nitrogens with zero attached hydrogens (tertiary/aromatic N) is 2. The van der Waals surface area contributed by atoms with Gasteiger partial charge in [-0.15, -0.1) is 0 Å². The Morgan fingerprint density at radius 3 is 2.07 bits per heavy atom. The van der Waals surface area contributed by atoms with Gasteiger partial charge in [-0.2, -0.15) is 4.58 Å². The molecule has 0 N–H and O–H groups in total. The van der Waals surface area contributed by atoms with Crippen LogP contribution in [0, 0.1) is 0 Å². The minimum atomic E-state index is 0.0320. The molecule has 0 radical (unpaired) electrons. The standard InChI is InChI=1S/C37H38ClN2O4/c1-39-27-19-31-29(41-21-43-31)17-25(27)36(13-3-4-14-36)33(39)11-9-23-7-8-24(35(23)38)10-12-34-37(15-5-6-16-37)26-18-30-32(44-22-42-30)20-28(26)40(34)2/h9-12,17-20H,3-8,13-16,21-22H2,1-2H3/q+1. The van der Waals surface area contributed by atoms with Gasteiger partial charge in [0, 0.05) is 46.6 Å². The molecule has 2 saturated carbocycles. The number of halogens is 1. The van der Waals surface area contributed by atoms with Gasteiger partial charge < -0.3 is 23.8 Å². The van der Waals surface area contributed by atoms with Crippen molar-refractivity contribution in [2.75, 3.05) is 32.6 Å². The van der Waals surface area contributed by atoms with E-state index in [1.54, 1.807) is 0 Å². The van der Waals surface area contributed by atoms with Gasteiger partial charge in [-0.05, 0) is 73.4 Å². The second-order valence-corrected chi connectivity index (χ2v) is 13.8. The highest BCUT2D eigenvalue weighted by Gasteiger charge is 2.53. The molecule has 7 heteroatoms. The van der Waals surface area contributed by atoms with Crippen LogP contribution in [0.4, 0.5) is 11.4 Å². The van der Waals surface area contributed by atoms with Gasteiger partial charge in [0.15, 0.2) is 28.7 Å². The third kappa shape index (κ3) is 3.64. The number of rotatable bonds is 3. The SMILES string of the molecule is CN1/C(=C\C=C2/CCC(/C=C/C3=[N+](C)c4cc5c(cc4C34CCCC4)OCO5)=C2Cl)C2(CCCC2)c2cc3c(cc21)OCO3. The number of allylic oxidation sites excluding steroid dienone is 8. The summed E-state index contributed by atoms with van der Waals surface area (Å²) >= 11 is 7.13. The molecule has 4 aliphatic heterocycles. The number of fused-ring (bicyclic) bond motifs is 6. The maximum atomic E-state index is 7.13. The molecule has 7 aliphatic rings. The van der Waals surface area contributed by atoms with E-state index in [2.05, 4.69) is 72.1 Å². The molecule has 0 bridgehead atoms. The van der Waals surface area contributed by atoms with Gasteiger partial charge in [-0.3, -0.25) is 0 Å². The van der Waals surface area contributed by atoms with Crippen molar-refractivity contribution in [1.82, 2.24) is 0 Å². The fourth-order valence-electron chi connectivity index (χ4n) is 9.28. The topological polar surface area (TPSA) is 43.2 Å². The highest BCUT2D eigenvalue weighted by molar-refractivity contribution is 6.33. The van der Waals surface area contributed by atoms with E-state index >= 15 is 0 Å². The third-order valence-electron chi connectivity index (χ3n) is 11.5. The molecule has 0 amide bonds. The maximum Gasteiger partial charge on any atom is 0.231 e. The number of benzene rings is 2. The highest BCUT2D eigenvalue weighted by Crippen LogP contribution is 2.59. The summed E-state index contributed by atoms with van der Waals surface area (Å²) in [4.78, 5) is 2.37. The Balaban J connectivity index is 1.04. The maximum absolute atomic E-state index is 7.13. The van der Waals surface area contributed by atoms with Gasteiger partial charge in [0.2, 0.25) is 19.3 Å². The van der Waals surface area contributed by atoms with Gasteiger partial charge in [-0.1, -0.05) is 49.4 Å². The van der Waals surface area contributed by atoms with Gasteiger partial charge in [0.1, 0.15) is 7.05 Å². The second-order valence-electron chi connectivity index (χ2n) is 13.4. The minimum Gasteiger partial charge on any atom is -0.454 e. The molecule has 0 saturated heterocycles. The molecule has 44 heavy (non-hydrogen) atoms. The summed E-state index contributed by atoms with van der Waals surface area (Å²) in [7, 11) is 4.38. The first-order valence-electron chi connectivity index (χ1n) is 16.2. The lowest BCUT2D eigenvalue weighted by atomic mass is 9.75. The van der Waals surface area contributed by atoms with Crippen molar-refractivity contribution in [3.05, 3.63) is 81.6 Å². The normalized spacial score (nSPS) is 25.4. The van der Waals surface area contributed by atoms with Crippen molar-refractivity contribution in [3.63, 3.8) is 0 Å². The Labute approximate surface area is 263 Å². The van der Waals surface area contributed by atoms with Crippen LogP contribution in [0.15, 0.2) is 70.4 Å². The molecule has 9 rings (SSSR count). The van der Waals surface area contributed by atoms with Crippen molar-refractivity contribution in [3.8, 4) is 23.0 Å². The largest absolute Gasteiger partial charge is 0.454 e. The summed E-state index contributed by atoms with van der Waals surface area (Å²) in [5, 5.41) is 0.900. The van der Waals surface area contributed by atoms with Crippen LogP contribution in [-0.4, -0.2) is 38.0 Å². The molecule has 0 atom stereocenters. The molecule has 4 heterocycles. The number of anilines is 1. The smallest absolute Gasteiger partial charge is 0.231 e. The van der Waals surface area contributed by atoms with Gasteiger partial charge in [0.05, 0.1) is 11.5 Å². The Morgan fingerprint density at radius 1 is 0.750 bits per heavy atom. The van der Waals surface area contributed by atoms with Crippen LogP contribution in [0.3, 0.4) is 0 Å². The van der Waals surface area contributed by atoms with E-state index in [1.807, 2.05) is 0 Å². The van der Waals surface area contributed by atoms with Crippen molar-refractivity contribution in [2.24, 2.45) is 0 Å². The van der Waals surface area contributed by atoms with Crippen LogP contribution in [0.25, 0.3) is 0 Å². The first kappa shape index (κ1) is 26.7. The summed E-state index contributed by atoms with van der Waals surface area (Å²) in [6.07, 6.45) is 20.8. The lowest BCUT2D eigenvalue weighted by Crippen LogP contribution is -2.30. The quantitative estimate of drug-likeness (QED) is 0.328. The van der Waals surface area contributed by atoms with Gasteiger partial charge in [0.25, 0.3) is 0 Å². The first-order valence-corrected chi connectivity index (χ1v) is 16.6. The van der Waals surface area contributed by atoms with Crippen molar-refractivity contribution in [2.45, 2.75) is 75.0 Å². The fourth-order valence-corrected chi connectivity index (χ4v) is 9.59. The molecule has 226 valence electrons. The van der Waals surface area contributed by atoms with Crippen LogP contribution < -0.4 is 23.8 Å². The molecule has 3 aliphatic carbocycles. The van der Waals surface area contributed by atoms with Crippen molar-refractivity contribution >= 4 is 28.7 Å². The molecule has 2 aromatic rings. The summed E-state index contributed by atoms with van der Waals surface area (Å²) in [6, 6.07) is 8.80. The van der Waals surface area contributed by atoms with E-state index in [-0.39, 0.29) is 10.8 Å². The number of hydrogen-bond donors (Lipinski definition) is 0. The summed E-state index contributed by atoms with van der Waals surface area (Å²) < 4.78 is 25.4. The zero-order valence-electron chi connectivity index (χ0n) is 25.5. The predicted octanol–water partition coefficient (Wildman–Crippen LogP) is 8.30. The lowest BCUT2D eigenvalue weighted by Gasteiger charge is -2.28. The van der Waals surface area contributed by atoms with Gasteiger partial charge in [-0.25, -0.2) is 0 Å². The fraction of sp³-hybridized carbons (Fsp3) is 0.432. The molecule has 6 nitrogen and oxygen atoms in total. The molecule has 2 aromatic carbocycles. The van der Waals surface area contributed by atoms with Crippen molar-refractivity contribution < 1.29 is 23.5 Å². The number of ether oxygens (including phenoxy) is 4. The van der Waals surface area contributed by atoms with Crippen LogP contribution in [0.1, 0.15) is 75.3 Å². The summed E-state index contributed by atoms with van der Waals surface area (Å²) in [6.45, 7) is 0.612. The van der Waals surface area contributed by atoms with Crippen LogP contribution in [0.5, 0.6) is 23.0 Å². The first-order chi connectivity index (χ1) is 21.5. The zero-order valence-corrected chi connectivity index (χ0v) is 26.3. The molecule has 0 unspecified atom stereocenters. The molecular formula is C37H38ClN2O4+. The van der Waals surface area contributed by atoms with E-state index in [1.165, 1.54) is 70.7 Å².